The molecule has 98 valence electrons. The van der Waals surface area contributed by atoms with E-state index in [1.54, 1.807) is 11.3 Å². The fraction of sp³-hybridized carbons (Fsp3) is 0.643. The maximum absolute atomic E-state index is 12.1. The molecule has 0 radical (unpaired) electrons. The monoisotopic (exact) mass is 265 g/mol. The summed E-state index contributed by atoms with van der Waals surface area (Å²) in [4.78, 5) is 15.1. The highest BCUT2D eigenvalue weighted by Gasteiger charge is 2.38. The topological polar surface area (TPSA) is 40.5 Å². The van der Waals surface area contributed by atoms with E-state index < -0.39 is 6.10 Å². The second-order valence-electron chi connectivity index (χ2n) is 5.41. The van der Waals surface area contributed by atoms with Crippen LogP contribution in [-0.2, 0) is 4.79 Å². The number of carbonyl (C=O) groups excluding carboxylic acids is 1. The molecule has 3 nitrogen and oxygen atoms in total. The quantitative estimate of drug-likeness (QED) is 0.912. The van der Waals surface area contributed by atoms with Crippen LogP contribution in [-0.4, -0.2) is 28.5 Å². The van der Waals surface area contributed by atoms with E-state index in [1.807, 2.05) is 22.4 Å². The van der Waals surface area contributed by atoms with Crippen molar-refractivity contribution in [1.29, 1.82) is 0 Å². The van der Waals surface area contributed by atoms with Crippen LogP contribution < -0.4 is 0 Å². The van der Waals surface area contributed by atoms with Crippen LogP contribution in [0.25, 0.3) is 0 Å². The lowest BCUT2D eigenvalue weighted by molar-refractivity contribution is -0.129. The molecule has 2 unspecified atom stereocenters. The third-order valence-electron chi connectivity index (χ3n) is 4.24. The van der Waals surface area contributed by atoms with E-state index in [2.05, 4.69) is 0 Å². The lowest BCUT2D eigenvalue weighted by Crippen LogP contribution is -2.34. The van der Waals surface area contributed by atoms with Crippen LogP contribution in [0.2, 0.25) is 0 Å². The SMILES string of the molecule is O=C1CC(C(O)c2cccs2)CN1C1CCCC1. The molecule has 1 aliphatic heterocycles. The summed E-state index contributed by atoms with van der Waals surface area (Å²) in [6.07, 6.45) is 4.82. The van der Waals surface area contributed by atoms with Crippen LogP contribution >= 0.6 is 11.3 Å². The van der Waals surface area contributed by atoms with Gasteiger partial charge in [0.1, 0.15) is 0 Å². The largest absolute Gasteiger partial charge is 0.387 e. The summed E-state index contributed by atoms with van der Waals surface area (Å²) in [5.74, 6) is 0.319. The van der Waals surface area contributed by atoms with Crippen molar-refractivity contribution < 1.29 is 9.90 Å². The normalized spacial score (nSPS) is 27.1. The van der Waals surface area contributed by atoms with Gasteiger partial charge in [0, 0.05) is 29.8 Å². The molecule has 0 aromatic carbocycles. The molecule has 0 spiro atoms. The maximum atomic E-state index is 12.1. The highest BCUT2D eigenvalue weighted by Crippen LogP contribution is 2.36. The van der Waals surface area contributed by atoms with Crippen molar-refractivity contribution in [1.82, 2.24) is 4.90 Å². The van der Waals surface area contributed by atoms with E-state index in [-0.39, 0.29) is 11.8 Å². The highest BCUT2D eigenvalue weighted by molar-refractivity contribution is 7.10. The Morgan fingerprint density at radius 1 is 1.39 bits per heavy atom. The van der Waals surface area contributed by atoms with E-state index in [4.69, 9.17) is 0 Å². The summed E-state index contributed by atoms with van der Waals surface area (Å²) in [6.45, 7) is 0.739. The lowest BCUT2D eigenvalue weighted by Gasteiger charge is -2.25. The van der Waals surface area contributed by atoms with Gasteiger partial charge in [-0.15, -0.1) is 11.3 Å². The number of aliphatic hydroxyl groups excluding tert-OH is 1. The average Bonchev–Trinajstić information content (AvgIpc) is 3.09. The van der Waals surface area contributed by atoms with E-state index in [9.17, 15) is 9.90 Å². The van der Waals surface area contributed by atoms with Gasteiger partial charge >= 0.3 is 0 Å². The molecule has 1 amide bonds. The Morgan fingerprint density at radius 3 is 2.83 bits per heavy atom. The summed E-state index contributed by atoms with van der Waals surface area (Å²) >= 11 is 1.57. The van der Waals surface area contributed by atoms with Crippen molar-refractivity contribution >= 4 is 17.2 Å². The Bertz CT molecular complexity index is 411. The predicted octanol–water partition coefficient (Wildman–Crippen LogP) is 2.57. The fourth-order valence-corrected chi connectivity index (χ4v) is 4.04. The van der Waals surface area contributed by atoms with Gasteiger partial charge in [0.25, 0.3) is 0 Å². The molecule has 1 saturated heterocycles. The number of thiophene rings is 1. The second kappa shape index (κ2) is 5.02. The van der Waals surface area contributed by atoms with Gasteiger partial charge in [-0.3, -0.25) is 4.79 Å². The van der Waals surface area contributed by atoms with Gasteiger partial charge in [-0.2, -0.15) is 0 Å². The number of aliphatic hydroxyl groups is 1. The molecule has 1 saturated carbocycles. The molecule has 2 fully saturated rings. The van der Waals surface area contributed by atoms with Crippen LogP contribution in [0.1, 0.15) is 43.1 Å². The summed E-state index contributed by atoms with van der Waals surface area (Å²) < 4.78 is 0. The number of rotatable bonds is 3. The molecule has 4 heteroatoms. The summed E-state index contributed by atoms with van der Waals surface area (Å²) in [6, 6.07) is 4.35. The molecular weight excluding hydrogens is 246 g/mol. The van der Waals surface area contributed by atoms with Crippen LogP contribution in [0.3, 0.4) is 0 Å². The van der Waals surface area contributed by atoms with Crippen LogP contribution in [0, 0.1) is 5.92 Å². The van der Waals surface area contributed by atoms with Crippen molar-refractivity contribution in [3.8, 4) is 0 Å². The van der Waals surface area contributed by atoms with E-state index in [0.29, 0.717) is 12.5 Å². The van der Waals surface area contributed by atoms with Gasteiger partial charge in [-0.25, -0.2) is 0 Å². The van der Waals surface area contributed by atoms with Crippen molar-refractivity contribution in [3.63, 3.8) is 0 Å². The minimum Gasteiger partial charge on any atom is -0.387 e. The smallest absolute Gasteiger partial charge is 0.223 e. The zero-order chi connectivity index (χ0) is 12.5. The molecule has 2 aliphatic rings. The molecule has 18 heavy (non-hydrogen) atoms. The molecule has 1 aromatic rings. The molecule has 2 heterocycles. The molecular formula is C14H19NO2S. The minimum absolute atomic E-state index is 0.0803. The predicted molar refractivity (Wildman–Crippen MR) is 71.4 cm³/mol. The molecule has 1 aliphatic carbocycles. The first-order chi connectivity index (χ1) is 8.75. The summed E-state index contributed by atoms with van der Waals surface area (Å²) in [5, 5.41) is 12.3. The van der Waals surface area contributed by atoms with Gasteiger partial charge in [0.15, 0.2) is 0 Å². The van der Waals surface area contributed by atoms with Crippen LogP contribution in [0.15, 0.2) is 17.5 Å². The van der Waals surface area contributed by atoms with Crippen LogP contribution in [0.5, 0.6) is 0 Å². The molecule has 2 atom stereocenters. The first kappa shape index (κ1) is 12.2. The fourth-order valence-electron chi connectivity index (χ4n) is 3.23. The van der Waals surface area contributed by atoms with Crippen molar-refractivity contribution in [2.45, 2.75) is 44.2 Å². The molecule has 0 bridgehead atoms. The van der Waals surface area contributed by atoms with E-state index >= 15 is 0 Å². The zero-order valence-electron chi connectivity index (χ0n) is 10.4. The second-order valence-corrected chi connectivity index (χ2v) is 6.39. The van der Waals surface area contributed by atoms with Crippen LogP contribution in [0.4, 0.5) is 0 Å². The van der Waals surface area contributed by atoms with Gasteiger partial charge in [0.2, 0.25) is 5.91 Å². The molecule has 1 N–H and O–H groups in total. The highest BCUT2D eigenvalue weighted by atomic mass is 32.1. The molecule has 3 rings (SSSR count). The Hall–Kier alpha value is -0.870. The van der Waals surface area contributed by atoms with Gasteiger partial charge in [-0.05, 0) is 24.3 Å². The Morgan fingerprint density at radius 2 is 2.17 bits per heavy atom. The van der Waals surface area contributed by atoms with Gasteiger partial charge in [-0.1, -0.05) is 18.9 Å². The third-order valence-corrected chi connectivity index (χ3v) is 5.18. The number of likely N-dealkylation sites (tertiary alicyclic amines) is 1. The minimum atomic E-state index is -0.472. The summed E-state index contributed by atoms with van der Waals surface area (Å²) in [5.41, 5.74) is 0. The Kier molecular flexibility index (Phi) is 3.39. The number of carbonyl (C=O) groups is 1. The van der Waals surface area contributed by atoms with Gasteiger partial charge < -0.3 is 10.0 Å². The number of amides is 1. The number of nitrogens with zero attached hydrogens (tertiary/aromatic N) is 1. The van der Waals surface area contributed by atoms with E-state index in [0.717, 1.165) is 24.3 Å². The maximum Gasteiger partial charge on any atom is 0.223 e. The zero-order valence-corrected chi connectivity index (χ0v) is 11.2. The number of hydrogen-bond acceptors (Lipinski definition) is 3. The lowest BCUT2D eigenvalue weighted by atomic mass is 10.0. The number of hydrogen-bond donors (Lipinski definition) is 1. The standard InChI is InChI=1S/C14H19NO2S/c16-13-8-10(14(17)12-6-3-7-18-12)9-15(13)11-4-1-2-5-11/h3,6-7,10-11,14,17H,1-2,4-5,8-9H2. The van der Waals surface area contributed by atoms with E-state index in [1.165, 1.54) is 12.8 Å². The Labute approximate surface area is 111 Å². The van der Waals surface area contributed by atoms with Crippen molar-refractivity contribution in [2.75, 3.05) is 6.54 Å². The Balaban J connectivity index is 1.68. The average molecular weight is 265 g/mol. The molecule has 1 aromatic heterocycles. The third kappa shape index (κ3) is 2.19. The van der Waals surface area contributed by atoms with Crippen molar-refractivity contribution in [3.05, 3.63) is 22.4 Å². The summed E-state index contributed by atoms with van der Waals surface area (Å²) in [7, 11) is 0. The first-order valence-electron chi connectivity index (χ1n) is 6.76. The first-order valence-corrected chi connectivity index (χ1v) is 7.64. The van der Waals surface area contributed by atoms with Crippen molar-refractivity contribution in [2.24, 2.45) is 5.92 Å². The van der Waals surface area contributed by atoms with Gasteiger partial charge in [0.05, 0.1) is 6.10 Å².